The zero-order chi connectivity index (χ0) is 13.0. The first-order chi connectivity index (χ1) is 8.69. The fraction of sp³-hybridized carbons (Fsp3) is 0.231. The van der Waals surface area contributed by atoms with Gasteiger partial charge in [-0.25, -0.2) is 9.97 Å². The molecule has 0 N–H and O–H groups in total. The van der Waals surface area contributed by atoms with Crippen molar-refractivity contribution in [2.45, 2.75) is 22.9 Å². The minimum Gasteiger partial charge on any atom is -0.240 e. The summed E-state index contributed by atoms with van der Waals surface area (Å²) < 4.78 is 0. The number of aromatic nitrogens is 2. The molecule has 0 saturated heterocycles. The van der Waals surface area contributed by atoms with Crippen LogP contribution in [0, 0.1) is 6.92 Å². The van der Waals surface area contributed by atoms with Gasteiger partial charge in [0, 0.05) is 21.4 Å². The minimum atomic E-state index is 0.757. The number of hydrogen-bond donors (Lipinski definition) is 0. The van der Waals surface area contributed by atoms with E-state index in [2.05, 4.69) is 25.9 Å². The van der Waals surface area contributed by atoms with Crippen LogP contribution in [0.4, 0.5) is 0 Å². The van der Waals surface area contributed by atoms with Crippen LogP contribution in [0.5, 0.6) is 0 Å². The predicted octanol–water partition coefficient (Wildman–Crippen LogP) is 4.63. The standard InChI is InChI=1S/C13H12BrClN2S/c1-9-7-16-13(17-12(9)6-14)8-18-11-4-2-10(15)3-5-11/h2-5,7H,6,8H2,1H3. The van der Waals surface area contributed by atoms with Crippen molar-refractivity contribution in [3.8, 4) is 0 Å². The largest absolute Gasteiger partial charge is 0.240 e. The molecule has 1 aromatic heterocycles. The molecular weight excluding hydrogens is 332 g/mol. The second-order valence-electron chi connectivity index (χ2n) is 3.79. The molecule has 0 aliphatic rings. The summed E-state index contributed by atoms with van der Waals surface area (Å²) in [5.41, 5.74) is 2.17. The normalized spacial score (nSPS) is 10.6. The topological polar surface area (TPSA) is 25.8 Å². The Hall–Kier alpha value is -0.580. The second-order valence-corrected chi connectivity index (χ2v) is 5.84. The summed E-state index contributed by atoms with van der Waals surface area (Å²) in [5, 5.41) is 1.52. The molecule has 2 nitrogen and oxygen atoms in total. The van der Waals surface area contributed by atoms with Gasteiger partial charge in [0.25, 0.3) is 0 Å². The van der Waals surface area contributed by atoms with E-state index < -0.39 is 0 Å². The lowest BCUT2D eigenvalue weighted by atomic mass is 10.3. The van der Waals surface area contributed by atoms with Crippen LogP contribution in [0.25, 0.3) is 0 Å². The van der Waals surface area contributed by atoms with Gasteiger partial charge < -0.3 is 0 Å². The van der Waals surface area contributed by atoms with Crippen molar-refractivity contribution in [2.75, 3.05) is 0 Å². The van der Waals surface area contributed by atoms with Gasteiger partial charge in [0.2, 0.25) is 0 Å². The summed E-state index contributed by atoms with van der Waals surface area (Å²) >= 11 is 11.0. The SMILES string of the molecule is Cc1cnc(CSc2ccc(Cl)cc2)nc1CBr. The minimum absolute atomic E-state index is 0.757. The molecule has 0 unspecified atom stereocenters. The summed E-state index contributed by atoms with van der Waals surface area (Å²) in [4.78, 5) is 10.0. The monoisotopic (exact) mass is 342 g/mol. The zero-order valence-corrected chi connectivity index (χ0v) is 13.0. The summed E-state index contributed by atoms with van der Waals surface area (Å²) in [6, 6.07) is 7.80. The molecule has 0 aliphatic heterocycles. The highest BCUT2D eigenvalue weighted by Crippen LogP contribution is 2.23. The number of thioether (sulfide) groups is 1. The third-order valence-corrected chi connectivity index (χ3v) is 4.23. The van der Waals surface area contributed by atoms with E-state index in [1.807, 2.05) is 37.4 Å². The molecule has 2 aromatic rings. The Morgan fingerprint density at radius 2 is 2.00 bits per heavy atom. The number of benzene rings is 1. The molecule has 2 rings (SSSR count). The Kier molecular flexibility index (Phi) is 5.03. The summed E-state index contributed by atoms with van der Waals surface area (Å²) in [7, 11) is 0. The van der Waals surface area contributed by atoms with E-state index in [1.54, 1.807) is 11.8 Å². The maximum absolute atomic E-state index is 5.85. The third-order valence-electron chi connectivity index (χ3n) is 2.43. The highest BCUT2D eigenvalue weighted by Gasteiger charge is 2.03. The van der Waals surface area contributed by atoms with E-state index >= 15 is 0 Å². The highest BCUT2D eigenvalue weighted by molar-refractivity contribution is 9.08. The van der Waals surface area contributed by atoms with E-state index in [-0.39, 0.29) is 0 Å². The van der Waals surface area contributed by atoms with Crippen molar-refractivity contribution in [3.63, 3.8) is 0 Å². The Morgan fingerprint density at radius 1 is 1.28 bits per heavy atom. The Morgan fingerprint density at radius 3 is 2.67 bits per heavy atom. The molecule has 0 atom stereocenters. The van der Waals surface area contributed by atoms with Crippen LogP contribution in [-0.2, 0) is 11.1 Å². The number of hydrogen-bond acceptors (Lipinski definition) is 3. The molecule has 94 valence electrons. The molecular formula is C13H12BrClN2S. The Balaban J connectivity index is 2.04. The van der Waals surface area contributed by atoms with Gasteiger partial charge in [-0.3, -0.25) is 0 Å². The van der Waals surface area contributed by atoms with Gasteiger partial charge in [-0.05, 0) is 36.8 Å². The van der Waals surface area contributed by atoms with Gasteiger partial charge in [0.15, 0.2) is 0 Å². The maximum Gasteiger partial charge on any atom is 0.138 e. The van der Waals surface area contributed by atoms with Gasteiger partial charge in [0.1, 0.15) is 5.82 Å². The van der Waals surface area contributed by atoms with Gasteiger partial charge in [-0.1, -0.05) is 27.5 Å². The van der Waals surface area contributed by atoms with Crippen LogP contribution in [0.2, 0.25) is 5.02 Å². The van der Waals surface area contributed by atoms with Crippen molar-refractivity contribution >= 4 is 39.3 Å². The molecule has 1 aromatic carbocycles. The van der Waals surface area contributed by atoms with Crippen molar-refractivity contribution < 1.29 is 0 Å². The summed E-state index contributed by atoms with van der Waals surface area (Å²) in [5.74, 6) is 1.62. The van der Waals surface area contributed by atoms with Gasteiger partial charge in [-0.15, -0.1) is 11.8 Å². The van der Waals surface area contributed by atoms with Crippen LogP contribution in [0.3, 0.4) is 0 Å². The Labute approximate surface area is 124 Å². The average molecular weight is 344 g/mol. The highest BCUT2D eigenvalue weighted by atomic mass is 79.9. The molecule has 5 heteroatoms. The zero-order valence-electron chi connectivity index (χ0n) is 9.86. The van der Waals surface area contributed by atoms with Gasteiger partial charge in [0.05, 0.1) is 11.4 Å². The molecule has 18 heavy (non-hydrogen) atoms. The molecule has 0 radical (unpaired) electrons. The summed E-state index contributed by atoms with van der Waals surface area (Å²) in [6.45, 7) is 2.02. The lowest BCUT2D eigenvalue weighted by Crippen LogP contribution is -1.98. The first-order valence-electron chi connectivity index (χ1n) is 5.45. The molecule has 0 amide bonds. The fourth-order valence-corrected chi connectivity index (χ4v) is 2.86. The van der Waals surface area contributed by atoms with Crippen LogP contribution in [0.1, 0.15) is 17.1 Å². The number of rotatable bonds is 4. The quantitative estimate of drug-likeness (QED) is 0.598. The van der Waals surface area contributed by atoms with E-state index in [0.29, 0.717) is 0 Å². The Bertz CT molecular complexity index is 531. The predicted molar refractivity (Wildman–Crippen MR) is 80.4 cm³/mol. The number of halogens is 2. The molecule has 0 aliphatic carbocycles. The van der Waals surface area contributed by atoms with Crippen molar-refractivity contribution in [1.82, 2.24) is 9.97 Å². The van der Waals surface area contributed by atoms with Crippen LogP contribution >= 0.6 is 39.3 Å². The van der Waals surface area contributed by atoms with E-state index in [9.17, 15) is 0 Å². The van der Waals surface area contributed by atoms with E-state index in [4.69, 9.17) is 11.6 Å². The van der Waals surface area contributed by atoms with Gasteiger partial charge in [-0.2, -0.15) is 0 Å². The van der Waals surface area contributed by atoms with Crippen LogP contribution in [-0.4, -0.2) is 9.97 Å². The molecule has 1 heterocycles. The summed E-state index contributed by atoms with van der Waals surface area (Å²) in [6.07, 6.45) is 1.88. The number of alkyl halides is 1. The van der Waals surface area contributed by atoms with Crippen LogP contribution in [0.15, 0.2) is 35.4 Å². The van der Waals surface area contributed by atoms with E-state index in [0.717, 1.165) is 33.2 Å². The third kappa shape index (κ3) is 3.70. The van der Waals surface area contributed by atoms with E-state index in [1.165, 1.54) is 4.90 Å². The lowest BCUT2D eigenvalue weighted by Gasteiger charge is -2.05. The molecule has 0 bridgehead atoms. The smallest absolute Gasteiger partial charge is 0.138 e. The molecule has 0 spiro atoms. The van der Waals surface area contributed by atoms with Crippen LogP contribution < -0.4 is 0 Å². The van der Waals surface area contributed by atoms with Crippen molar-refractivity contribution in [3.05, 3.63) is 52.6 Å². The fourth-order valence-electron chi connectivity index (χ4n) is 1.40. The molecule has 0 saturated carbocycles. The van der Waals surface area contributed by atoms with Crippen molar-refractivity contribution in [1.29, 1.82) is 0 Å². The van der Waals surface area contributed by atoms with Gasteiger partial charge >= 0.3 is 0 Å². The average Bonchev–Trinajstić information content (AvgIpc) is 2.39. The first-order valence-corrected chi connectivity index (χ1v) is 7.93. The lowest BCUT2D eigenvalue weighted by molar-refractivity contribution is 0.967. The number of nitrogens with zero attached hydrogens (tertiary/aromatic N) is 2. The number of aryl methyl sites for hydroxylation is 1. The maximum atomic E-state index is 5.85. The molecule has 0 fully saturated rings. The second kappa shape index (κ2) is 6.55. The first kappa shape index (κ1) is 13.8. The van der Waals surface area contributed by atoms with Crippen molar-refractivity contribution in [2.24, 2.45) is 0 Å².